The molecule has 122 valence electrons. The minimum atomic E-state index is -0.356. The zero-order chi connectivity index (χ0) is 17.1. The van der Waals surface area contributed by atoms with Gasteiger partial charge in [-0.1, -0.05) is 41.4 Å². The summed E-state index contributed by atoms with van der Waals surface area (Å²) in [4.78, 5) is 17.1. The van der Waals surface area contributed by atoms with Crippen molar-refractivity contribution in [2.24, 2.45) is 0 Å². The monoisotopic (exact) mass is 361 g/mol. The number of carbonyl (C=O) groups excluding carboxylic acids is 1. The molecule has 1 aromatic heterocycles. The number of benzene rings is 2. The summed E-state index contributed by atoms with van der Waals surface area (Å²) in [5.41, 5.74) is 1.06. The van der Waals surface area contributed by atoms with E-state index in [1.54, 1.807) is 48.5 Å². The lowest BCUT2D eigenvalue weighted by atomic mass is 10.2. The predicted molar refractivity (Wildman–Crippen MR) is 92.8 cm³/mol. The van der Waals surface area contributed by atoms with Crippen LogP contribution in [-0.4, -0.2) is 27.3 Å². The van der Waals surface area contributed by atoms with Crippen molar-refractivity contribution >= 4 is 29.1 Å². The Kier molecular flexibility index (Phi) is 4.83. The standard InChI is InChI=1S/C17H13Cl2N3O2/c1-2-24-17-20-15(11-5-3-7-13(18)9-11)22(21-17)16(23)12-6-4-8-14(19)10-12/h3-10H,2H2,1H3. The lowest BCUT2D eigenvalue weighted by molar-refractivity contribution is 0.0945. The third-order valence-corrected chi connectivity index (χ3v) is 3.68. The van der Waals surface area contributed by atoms with E-state index in [1.165, 1.54) is 4.68 Å². The molecular formula is C17H13Cl2N3O2. The smallest absolute Gasteiger partial charge is 0.336 e. The van der Waals surface area contributed by atoms with Crippen LogP contribution >= 0.6 is 23.2 Å². The van der Waals surface area contributed by atoms with Gasteiger partial charge in [0.15, 0.2) is 5.82 Å². The van der Waals surface area contributed by atoms with Crippen LogP contribution in [0.1, 0.15) is 17.3 Å². The van der Waals surface area contributed by atoms with E-state index in [9.17, 15) is 4.79 Å². The van der Waals surface area contributed by atoms with Crippen LogP contribution in [-0.2, 0) is 0 Å². The number of halogens is 2. The van der Waals surface area contributed by atoms with Gasteiger partial charge in [0.2, 0.25) is 0 Å². The number of hydrogen-bond acceptors (Lipinski definition) is 4. The Bertz CT molecular complexity index is 893. The van der Waals surface area contributed by atoms with Crippen molar-refractivity contribution in [2.45, 2.75) is 6.92 Å². The highest BCUT2D eigenvalue weighted by Gasteiger charge is 2.20. The average Bonchev–Trinajstić information content (AvgIpc) is 2.98. The molecule has 0 radical (unpaired) electrons. The first-order valence-corrected chi connectivity index (χ1v) is 8.00. The Labute approximate surface area is 148 Å². The summed E-state index contributed by atoms with van der Waals surface area (Å²) in [6, 6.07) is 13.8. The molecule has 1 heterocycles. The molecule has 0 aliphatic heterocycles. The molecule has 0 fully saturated rings. The number of rotatable bonds is 4. The van der Waals surface area contributed by atoms with Crippen LogP contribution < -0.4 is 4.74 Å². The van der Waals surface area contributed by atoms with E-state index >= 15 is 0 Å². The highest BCUT2D eigenvalue weighted by molar-refractivity contribution is 6.31. The second kappa shape index (κ2) is 7.03. The van der Waals surface area contributed by atoms with Gasteiger partial charge in [-0.2, -0.15) is 9.67 Å². The summed E-state index contributed by atoms with van der Waals surface area (Å²) in [7, 11) is 0. The molecule has 0 atom stereocenters. The summed E-state index contributed by atoms with van der Waals surface area (Å²) in [5, 5.41) is 5.16. The van der Waals surface area contributed by atoms with E-state index in [4.69, 9.17) is 27.9 Å². The number of nitrogens with zero attached hydrogens (tertiary/aromatic N) is 3. The van der Waals surface area contributed by atoms with Gasteiger partial charge in [0.05, 0.1) is 6.61 Å². The quantitative estimate of drug-likeness (QED) is 0.693. The van der Waals surface area contributed by atoms with Gasteiger partial charge in [-0.15, -0.1) is 5.10 Å². The van der Waals surface area contributed by atoms with Crippen LogP contribution in [0.2, 0.25) is 10.0 Å². The number of aromatic nitrogens is 3. The molecule has 0 aliphatic carbocycles. The lowest BCUT2D eigenvalue weighted by Crippen LogP contribution is -2.15. The average molecular weight is 362 g/mol. The first kappa shape index (κ1) is 16.5. The first-order valence-electron chi connectivity index (χ1n) is 7.24. The second-order valence-corrected chi connectivity index (χ2v) is 5.76. The van der Waals surface area contributed by atoms with Crippen molar-refractivity contribution in [1.29, 1.82) is 0 Å². The predicted octanol–water partition coefficient (Wildman–Crippen LogP) is 4.34. The van der Waals surface area contributed by atoms with Crippen molar-refractivity contribution in [2.75, 3.05) is 6.61 Å². The number of ether oxygens (including phenoxy) is 1. The van der Waals surface area contributed by atoms with E-state index in [-0.39, 0.29) is 11.9 Å². The fraction of sp³-hybridized carbons (Fsp3) is 0.118. The van der Waals surface area contributed by atoms with E-state index in [2.05, 4.69) is 10.1 Å². The van der Waals surface area contributed by atoms with E-state index in [1.807, 2.05) is 6.92 Å². The van der Waals surface area contributed by atoms with Gasteiger partial charge in [-0.25, -0.2) is 0 Å². The van der Waals surface area contributed by atoms with Crippen LogP contribution in [0.5, 0.6) is 6.01 Å². The Morgan fingerprint density at radius 2 is 1.83 bits per heavy atom. The molecule has 3 rings (SSSR count). The van der Waals surface area contributed by atoms with Gasteiger partial charge >= 0.3 is 6.01 Å². The third-order valence-electron chi connectivity index (χ3n) is 3.21. The minimum Gasteiger partial charge on any atom is -0.463 e. The molecule has 0 spiro atoms. The van der Waals surface area contributed by atoms with Crippen LogP contribution in [0.4, 0.5) is 0 Å². The van der Waals surface area contributed by atoms with E-state index < -0.39 is 0 Å². The summed E-state index contributed by atoms with van der Waals surface area (Å²) in [6.07, 6.45) is 0. The Hall–Kier alpha value is -2.37. The Balaban J connectivity index is 2.10. The molecule has 5 nitrogen and oxygen atoms in total. The van der Waals surface area contributed by atoms with Crippen LogP contribution in [0, 0.1) is 0 Å². The van der Waals surface area contributed by atoms with Crippen LogP contribution in [0.15, 0.2) is 48.5 Å². The Morgan fingerprint density at radius 1 is 1.12 bits per heavy atom. The maximum Gasteiger partial charge on any atom is 0.336 e. The largest absolute Gasteiger partial charge is 0.463 e. The van der Waals surface area contributed by atoms with Crippen LogP contribution in [0.3, 0.4) is 0 Å². The van der Waals surface area contributed by atoms with Gasteiger partial charge in [0.25, 0.3) is 5.91 Å². The van der Waals surface area contributed by atoms with Crippen molar-refractivity contribution in [3.8, 4) is 17.4 Å². The normalized spacial score (nSPS) is 10.6. The molecule has 0 aliphatic rings. The summed E-state index contributed by atoms with van der Waals surface area (Å²) in [5.74, 6) is -0.00291. The lowest BCUT2D eigenvalue weighted by Gasteiger charge is -2.05. The molecule has 3 aromatic rings. The van der Waals surface area contributed by atoms with Gasteiger partial charge < -0.3 is 4.74 Å². The Morgan fingerprint density at radius 3 is 2.50 bits per heavy atom. The first-order chi connectivity index (χ1) is 11.6. The van der Waals surface area contributed by atoms with E-state index in [0.717, 1.165) is 0 Å². The van der Waals surface area contributed by atoms with Crippen molar-refractivity contribution in [1.82, 2.24) is 14.8 Å². The molecule has 0 saturated heterocycles. The highest BCUT2D eigenvalue weighted by atomic mass is 35.5. The molecule has 0 bridgehead atoms. The maximum absolute atomic E-state index is 12.8. The van der Waals surface area contributed by atoms with Crippen LogP contribution in [0.25, 0.3) is 11.4 Å². The van der Waals surface area contributed by atoms with Gasteiger partial charge in [0, 0.05) is 21.2 Å². The summed E-state index contributed by atoms with van der Waals surface area (Å²) in [6.45, 7) is 2.21. The van der Waals surface area contributed by atoms with E-state index in [0.29, 0.717) is 33.6 Å². The van der Waals surface area contributed by atoms with Gasteiger partial charge in [0.1, 0.15) is 0 Å². The van der Waals surface area contributed by atoms with Crippen molar-refractivity contribution < 1.29 is 9.53 Å². The zero-order valence-corrected chi connectivity index (χ0v) is 14.3. The molecule has 2 aromatic carbocycles. The highest BCUT2D eigenvalue weighted by Crippen LogP contribution is 2.24. The topological polar surface area (TPSA) is 57.0 Å². The van der Waals surface area contributed by atoms with Gasteiger partial charge in [-0.3, -0.25) is 4.79 Å². The minimum absolute atomic E-state index is 0.128. The van der Waals surface area contributed by atoms with Gasteiger partial charge in [-0.05, 0) is 37.3 Å². The number of carbonyl (C=O) groups is 1. The SMILES string of the molecule is CCOc1nc(-c2cccc(Cl)c2)n(C(=O)c2cccc(Cl)c2)n1. The van der Waals surface area contributed by atoms with Crippen molar-refractivity contribution in [3.63, 3.8) is 0 Å². The fourth-order valence-electron chi connectivity index (χ4n) is 2.18. The second-order valence-electron chi connectivity index (χ2n) is 4.89. The zero-order valence-electron chi connectivity index (χ0n) is 12.7. The molecule has 7 heteroatoms. The molecule has 0 saturated carbocycles. The fourth-order valence-corrected chi connectivity index (χ4v) is 2.56. The molecule has 0 N–H and O–H groups in total. The molecule has 0 amide bonds. The number of hydrogen-bond donors (Lipinski definition) is 0. The molecular weight excluding hydrogens is 349 g/mol. The molecule has 24 heavy (non-hydrogen) atoms. The summed E-state index contributed by atoms with van der Waals surface area (Å²) < 4.78 is 6.53. The van der Waals surface area contributed by atoms with Crippen molar-refractivity contribution in [3.05, 3.63) is 64.1 Å². The maximum atomic E-state index is 12.8. The molecule has 0 unspecified atom stereocenters. The third kappa shape index (κ3) is 3.42. The summed E-state index contributed by atoms with van der Waals surface area (Å²) >= 11 is 12.0.